The summed E-state index contributed by atoms with van der Waals surface area (Å²) in [4.78, 5) is 9.05. The molecule has 2 aromatic rings. The summed E-state index contributed by atoms with van der Waals surface area (Å²) in [5, 5.41) is 7.31. The van der Waals surface area contributed by atoms with E-state index in [-0.39, 0.29) is 0 Å². The zero-order chi connectivity index (χ0) is 12.3. The molecule has 0 aromatic carbocycles. The van der Waals surface area contributed by atoms with E-state index >= 15 is 0 Å². The first kappa shape index (κ1) is 12.7. The molecule has 0 amide bonds. The van der Waals surface area contributed by atoms with E-state index in [1.807, 2.05) is 23.4 Å². The van der Waals surface area contributed by atoms with Gasteiger partial charge in [0.2, 0.25) is 0 Å². The Morgan fingerprint density at radius 2 is 2.06 bits per heavy atom. The van der Waals surface area contributed by atoms with Gasteiger partial charge in [-0.05, 0) is 18.9 Å². The number of hydrogen-bond acceptors (Lipinski definition) is 5. The predicted molar refractivity (Wildman–Crippen MR) is 73.8 cm³/mol. The van der Waals surface area contributed by atoms with Crippen LogP contribution in [0.4, 0.5) is 0 Å². The van der Waals surface area contributed by atoms with E-state index in [2.05, 4.69) is 22.0 Å². The maximum Gasteiger partial charge on any atom is 0.190 e. The lowest BCUT2D eigenvalue weighted by atomic mass is 10.3. The summed E-state index contributed by atoms with van der Waals surface area (Å²) < 4.78 is 1.99. The van der Waals surface area contributed by atoms with Crippen molar-refractivity contribution in [2.24, 2.45) is 0 Å². The van der Waals surface area contributed by atoms with Gasteiger partial charge >= 0.3 is 0 Å². The van der Waals surface area contributed by atoms with Crippen molar-refractivity contribution >= 4 is 34.6 Å². The molecular formula is C11H16N4S2. The molecule has 0 saturated carbocycles. The molecule has 0 N–H and O–H groups in total. The van der Waals surface area contributed by atoms with Gasteiger partial charge < -0.3 is 0 Å². The average Bonchev–Trinajstić information content (AvgIpc) is 2.78. The fraction of sp³-hybridized carbons (Fsp3) is 0.545. The van der Waals surface area contributed by atoms with Gasteiger partial charge in [0.1, 0.15) is 5.03 Å². The normalized spacial score (nSPS) is 11.2. The summed E-state index contributed by atoms with van der Waals surface area (Å²) in [6, 6.07) is 0. The first-order valence-corrected chi connectivity index (χ1v) is 8.06. The maximum absolute atomic E-state index is 4.55. The largest absolute Gasteiger partial charge is 0.247 e. The molecule has 0 saturated heterocycles. The summed E-state index contributed by atoms with van der Waals surface area (Å²) >= 11 is 3.22. The van der Waals surface area contributed by atoms with Crippen molar-refractivity contribution < 1.29 is 0 Å². The van der Waals surface area contributed by atoms with Crippen LogP contribution < -0.4 is 0 Å². The van der Waals surface area contributed by atoms with Crippen LogP contribution in [0, 0.1) is 0 Å². The van der Waals surface area contributed by atoms with Gasteiger partial charge in [0.25, 0.3) is 0 Å². The molecule has 0 bridgehead atoms. The van der Waals surface area contributed by atoms with Crippen molar-refractivity contribution in [2.45, 2.75) is 36.5 Å². The van der Waals surface area contributed by atoms with Gasteiger partial charge in [0, 0.05) is 6.54 Å². The molecule has 0 aliphatic rings. The Bertz CT molecular complexity index is 509. The fourth-order valence-corrected chi connectivity index (χ4v) is 2.59. The van der Waals surface area contributed by atoms with E-state index in [1.165, 1.54) is 0 Å². The van der Waals surface area contributed by atoms with E-state index in [9.17, 15) is 0 Å². The van der Waals surface area contributed by atoms with Crippen LogP contribution in [0.2, 0.25) is 0 Å². The molecular weight excluding hydrogens is 252 g/mol. The highest BCUT2D eigenvalue weighted by atomic mass is 32.2. The quantitative estimate of drug-likeness (QED) is 0.474. The van der Waals surface area contributed by atoms with Gasteiger partial charge in [-0.1, -0.05) is 25.1 Å². The van der Waals surface area contributed by atoms with Crippen LogP contribution in [0.15, 0.2) is 16.4 Å². The lowest BCUT2D eigenvalue weighted by molar-refractivity contribution is 0.582. The van der Waals surface area contributed by atoms with E-state index in [1.54, 1.807) is 23.5 Å². The van der Waals surface area contributed by atoms with Crippen LogP contribution >= 0.6 is 23.5 Å². The number of rotatable bonds is 5. The minimum atomic E-state index is 0.820. The third-order valence-electron chi connectivity index (χ3n) is 2.54. The van der Waals surface area contributed by atoms with Gasteiger partial charge in [-0.3, -0.25) is 0 Å². The van der Waals surface area contributed by atoms with Crippen LogP contribution in [0.3, 0.4) is 0 Å². The third kappa shape index (κ3) is 2.57. The van der Waals surface area contributed by atoms with Gasteiger partial charge in [-0.15, -0.1) is 11.8 Å². The number of aromatic nitrogens is 4. The number of thioether (sulfide) groups is 2. The Hall–Kier alpha value is -0.750. The second-order valence-corrected chi connectivity index (χ2v) is 5.25. The highest BCUT2D eigenvalue weighted by Gasteiger charge is 2.11. The number of aryl methyl sites for hydroxylation is 1. The molecule has 92 valence electrons. The van der Waals surface area contributed by atoms with Crippen molar-refractivity contribution in [1.29, 1.82) is 0 Å². The summed E-state index contributed by atoms with van der Waals surface area (Å²) in [7, 11) is 0. The standard InChI is InChI=1S/C11H16N4S2/c1-4-5-6-15-9-8(7-12-15)10(16-2)14-11(13-9)17-3/h7H,4-6H2,1-3H3. The Balaban J connectivity index is 2.50. The summed E-state index contributed by atoms with van der Waals surface area (Å²) in [5.74, 6) is 0. The molecule has 2 aromatic heterocycles. The molecule has 0 aliphatic heterocycles. The fourth-order valence-electron chi connectivity index (χ4n) is 1.63. The van der Waals surface area contributed by atoms with Gasteiger partial charge in [-0.25, -0.2) is 14.6 Å². The predicted octanol–water partition coefficient (Wildman–Crippen LogP) is 3.07. The van der Waals surface area contributed by atoms with E-state index in [0.717, 1.165) is 40.6 Å². The Kier molecular flexibility index (Phi) is 4.28. The molecule has 0 aliphatic carbocycles. The Morgan fingerprint density at radius 1 is 1.24 bits per heavy atom. The van der Waals surface area contributed by atoms with E-state index in [0.29, 0.717) is 0 Å². The zero-order valence-electron chi connectivity index (χ0n) is 10.3. The summed E-state index contributed by atoms with van der Waals surface area (Å²) in [6.45, 7) is 3.11. The number of nitrogens with zero attached hydrogens (tertiary/aromatic N) is 4. The monoisotopic (exact) mass is 268 g/mol. The zero-order valence-corrected chi connectivity index (χ0v) is 11.9. The van der Waals surface area contributed by atoms with Crippen molar-refractivity contribution in [3.05, 3.63) is 6.20 Å². The Labute approximate surface area is 110 Å². The van der Waals surface area contributed by atoms with Crippen molar-refractivity contribution in [3.8, 4) is 0 Å². The molecule has 2 heterocycles. The van der Waals surface area contributed by atoms with Crippen LogP contribution in [0.1, 0.15) is 19.8 Å². The lowest BCUT2D eigenvalue weighted by Crippen LogP contribution is -2.02. The Morgan fingerprint density at radius 3 is 2.71 bits per heavy atom. The molecule has 17 heavy (non-hydrogen) atoms. The minimum absolute atomic E-state index is 0.820. The van der Waals surface area contributed by atoms with Crippen molar-refractivity contribution in [3.63, 3.8) is 0 Å². The maximum atomic E-state index is 4.55. The number of hydrogen-bond donors (Lipinski definition) is 0. The minimum Gasteiger partial charge on any atom is -0.247 e. The second-order valence-electron chi connectivity index (χ2n) is 3.68. The first-order valence-electron chi connectivity index (χ1n) is 5.61. The van der Waals surface area contributed by atoms with Gasteiger partial charge in [0.05, 0.1) is 11.6 Å². The third-order valence-corrected chi connectivity index (χ3v) is 3.79. The van der Waals surface area contributed by atoms with E-state index < -0.39 is 0 Å². The highest BCUT2D eigenvalue weighted by molar-refractivity contribution is 7.99. The van der Waals surface area contributed by atoms with Crippen molar-refractivity contribution in [1.82, 2.24) is 19.7 Å². The smallest absolute Gasteiger partial charge is 0.190 e. The molecule has 4 nitrogen and oxygen atoms in total. The SMILES string of the molecule is CCCCn1ncc2c(SC)nc(SC)nc21. The lowest BCUT2D eigenvalue weighted by Gasteiger charge is -2.04. The highest BCUT2D eigenvalue weighted by Crippen LogP contribution is 2.25. The topological polar surface area (TPSA) is 43.6 Å². The number of unbranched alkanes of at least 4 members (excludes halogenated alkanes) is 1. The second kappa shape index (κ2) is 5.73. The molecule has 0 fully saturated rings. The molecule has 6 heteroatoms. The molecule has 0 spiro atoms. The average molecular weight is 268 g/mol. The first-order chi connectivity index (χ1) is 8.30. The van der Waals surface area contributed by atoms with E-state index in [4.69, 9.17) is 0 Å². The summed E-state index contributed by atoms with van der Waals surface area (Å²) in [6.07, 6.45) is 8.20. The molecule has 0 unspecified atom stereocenters. The molecule has 2 rings (SSSR count). The van der Waals surface area contributed by atoms with Crippen LogP contribution in [-0.4, -0.2) is 32.3 Å². The van der Waals surface area contributed by atoms with Crippen LogP contribution in [0.5, 0.6) is 0 Å². The molecule has 0 atom stereocenters. The van der Waals surface area contributed by atoms with Crippen molar-refractivity contribution in [2.75, 3.05) is 12.5 Å². The van der Waals surface area contributed by atoms with Gasteiger partial charge in [0.15, 0.2) is 10.8 Å². The summed E-state index contributed by atoms with van der Waals surface area (Å²) in [5.41, 5.74) is 0.960. The molecule has 0 radical (unpaired) electrons. The van der Waals surface area contributed by atoms with Crippen LogP contribution in [-0.2, 0) is 6.54 Å². The number of fused-ring (bicyclic) bond motifs is 1. The van der Waals surface area contributed by atoms with Gasteiger partial charge in [-0.2, -0.15) is 5.10 Å². The van der Waals surface area contributed by atoms with Crippen LogP contribution in [0.25, 0.3) is 11.0 Å².